The van der Waals surface area contributed by atoms with E-state index in [0.717, 1.165) is 0 Å². The third kappa shape index (κ3) is 2.04. The molecule has 0 aromatic heterocycles. The maximum Gasteiger partial charge on any atom is -0.00601 e. The fourth-order valence-electron chi connectivity index (χ4n) is 6.20. The Kier molecular flexibility index (Phi) is 3.24. The molecule has 0 aliphatic carbocycles. The summed E-state index contributed by atoms with van der Waals surface area (Å²) in [4.78, 5) is 0. The van der Waals surface area contributed by atoms with Crippen molar-refractivity contribution >= 4 is 64.6 Å². The van der Waals surface area contributed by atoms with Gasteiger partial charge in [0.1, 0.15) is 0 Å². The smallest absolute Gasteiger partial charge is 0.00601 e. The highest BCUT2D eigenvalue weighted by Gasteiger charge is 2.24. The van der Waals surface area contributed by atoms with Crippen molar-refractivity contribution in [3.05, 3.63) is 81.9 Å². The molecule has 0 spiro atoms. The van der Waals surface area contributed by atoms with E-state index in [1.807, 2.05) is 0 Å². The number of benzene rings is 5. The molecule has 0 saturated heterocycles. The molecule has 0 unspecified atom stereocenters. The molecule has 0 aliphatic heterocycles. The van der Waals surface area contributed by atoms with Gasteiger partial charge in [-0.05, 0) is 164 Å². The van der Waals surface area contributed by atoms with Gasteiger partial charge >= 0.3 is 0 Å². The maximum absolute atomic E-state index is 2.42. The van der Waals surface area contributed by atoms with E-state index in [2.05, 4.69) is 90.1 Å². The van der Waals surface area contributed by atoms with Crippen molar-refractivity contribution in [3.63, 3.8) is 0 Å². The van der Waals surface area contributed by atoms with Gasteiger partial charge in [-0.1, -0.05) is 24.3 Å². The molecule has 0 heterocycles. The van der Waals surface area contributed by atoms with Crippen LogP contribution in [-0.4, -0.2) is 0 Å². The Morgan fingerprint density at radius 3 is 0.750 bits per heavy atom. The van der Waals surface area contributed by atoms with Crippen LogP contribution in [0.5, 0.6) is 0 Å². The number of hydrogen-bond acceptors (Lipinski definition) is 0. The first kappa shape index (κ1) is 18.2. The van der Waals surface area contributed by atoms with Crippen LogP contribution >= 0.6 is 0 Å². The molecule has 0 fully saturated rings. The van der Waals surface area contributed by atoms with Crippen LogP contribution in [0.3, 0.4) is 0 Å². The topological polar surface area (TPSA) is 0 Å². The van der Waals surface area contributed by atoms with Gasteiger partial charge in [-0.25, -0.2) is 0 Å². The van der Waals surface area contributed by atoms with Crippen LogP contribution in [0.25, 0.3) is 64.6 Å². The van der Waals surface area contributed by atoms with Crippen LogP contribution in [0.4, 0.5) is 0 Å². The summed E-state index contributed by atoms with van der Waals surface area (Å²) in [5.41, 5.74) is 8.38. The second-order valence-corrected chi connectivity index (χ2v) is 10.1. The molecule has 0 N–H and O–H groups in total. The first-order valence-electron chi connectivity index (χ1n) is 11.6. The van der Waals surface area contributed by atoms with Crippen molar-refractivity contribution in [1.82, 2.24) is 0 Å². The summed E-state index contributed by atoms with van der Waals surface area (Å²) in [5.74, 6) is 0. The monoisotopic (exact) mass is 410 g/mol. The van der Waals surface area contributed by atoms with Gasteiger partial charge in [0.05, 0.1) is 0 Å². The molecule has 0 radical (unpaired) electrons. The van der Waals surface area contributed by atoms with E-state index < -0.39 is 0 Å². The number of rotatable bonds is 0. The van der Waals surface area contributed by atoms with E-state index in [1.165, 1.54) is 98.0 Å². The lowest BCUT2D eigenvalue weighted by Crippen LogP contribution is -1.99. The second kappa shape index (κ2) is 5.70. The average Bonchev–Trinajstić information content (AvgIpc) is 2.72. The second-order valence-electron chi connectivity index (χ2n) is 10.1. The Balaban J connectivity index is 1.62. The van der Waals surface area contributed by atoms with Crippen LogP contribution in [0.1, 0.15) is 33.4 Å². The molecule has 0 amide bonds. The maximum atomic E-state index is 2.42. The normalized spacial score (nSPS) is 12.7. The molecule has 154 valence electrons. The van der Waals surface area contributed by atoms with Crippen LogP contribution in [-0.2, 0) is 0 Å². The highest BCUT2D eigenvalue weighted by molar-refractivity contribution is 6.40. The van der Waals surface area contributed by atoms with Gasteiger partial charge in [-0.2, -0.15) is 0 Å². The Labute approximate surface area is 188 Å². The summed E-state index contributed by atoms with van der Waals surface area (Å²) in [7, 11) is 0. The summed E-state index contributed by atoms with van der Waals surface area (Å²) in [5, 5.41) is 17.0. The molecule has 7 aromatic carbocycles. The summed E-state index contributed by atoms with van der Waals surface area (Å²) < 4.78 is 0. The minimum Gasteiger partial charge on any atom is -0.0512 e. The first-order chi connectivity index (χ1) is 15.3. The molecule has 0 aliphatic rings. The van der Waals surface area contributed by atoms with Gasteiger partial charge in [0, 0.05) is 0 Å². The van der Waals surface area contributed by atoms with Crippen LogP contribution in [0.15, 0.2) is 48.5 Å². The highest BCUT2D eigenvalue weighted by Crippen LogP contribution is 2.50. The van der Waals surface area contributed by atoms with Crippen molar-refractivity contribution in [3.8, 4) is 0 Å². The van der Waals surface area contributed by atoms with Gasteiger partial charge in [0.15, 0.2) is 0 Å². The lowest BCUT2D eigenvalue weighted by Gasteiger charge is -2.25. The standard InChI is InChI=1S/C32H26/c1-15-7-21-11-25-26(12-22(21)8-16(15)2)30-20(6)32-28-14-24-10-18(4)17(3)9-23(24)13-27(28)31(32)19(5)29(25)30/h7-14H,1-6H3. The Bertz CT molecular complexity index is 1640. The van der Waals surface area contributed by atoms with Gasteiger partial charge < -0.3 is 0 Å². The summed E-state index contributed by atoms with van der Waals surface area (Å²) in [6.07, 6.45) is 0. The average molecular weight is 411 g/mol. The van der Waals surface area contributed by atoms with E-state index in [9.17, 15) is 0 Å². The Hall–Kier alpha value is -3.38. The van der Waals surface area contributed by atoms with Gasteiger partial charge in [0.2, 0.25) is 0 Å². The van der Waals surface area contributed by atoms with Crippen LogP contribution < -0.4 is 0 Å². The third-order valence-corrected chi connectivity index (χ3v) is 8.26. The number of fused-ring (bicyclic) bond motifs is 10. The third-order valence-electron chi connectivity index (χ3n) is 8.26. The van der Waals surface area contributed by atoms with Crippen LogP contribution in [0, 0.1) is 41.5 Å². The zero-order chi connectivity index (χ0) is 22.0. The van der Waals surface area contributed by atoms with Crippen molar-refractivity contribution in [2.24, 2.45) is 0 Å². The van der Waals surface area contributed by atoms with Crippen molar-refractivity contribution in [2.75, 3.05) is 0 Å². The molecule has 0 bridgehead atoms. The van der Waals surface area contributed by atoms with Crippen LogP contribution in [0.2, 0.25) is 0 Å². The molecule has 0 nitrogen and oxygen atoms in total. The zero-order valence-electron chi connectivity index (χ0n) is 19.6. The largest absolute Gasteiger partial charge is 0.0512 e. The van der Waals surface area contributed by atoms with Crippen molar-refractivity contribution < 1.29 is 0 Å². The molecule has 7 rings (SSSR count). The zero-order valence-corrected chi connectivity index (χ0v) is 19.6. The predicted octanol–water partition coefficient (Wildman–Crippen LogP) is 9.33. The minimum absolute atomic E-state index is 1.36. The molecule has 0 heteroatoms. The van der Waals surface area contributed by atoms with E-state index in [-0.39, 0.29) is 0 Å². The van der Waals surface area contributed by atoms with Gasteiger partial charge in [-0.15, -0.1) is 0 Å². The fourth-order valence-corrected chi connectivity index (χ4v) is 6.20. The molecule has 7 aromatic rings. The van der Waals surface area contributed by atoms with E-state index >= 15 is 0 Å². The summed E-state index contributed by atoms with van der Waals surface area (Å²) >= 11 is 0. The molecule has 32 heavy (non-hydrogen) atoms. The quantitative estimate of drug-likeness (QED) is 0.234. The lowest BCUT2D eigenvalue weighted by atomic mass is 9.78. The van der Waals surface area contributed by atoms with Gasteiger partial charge in [-0.3, -0.25) is 0 Å². The first-order valence-corrected chi connectivity index (χ1v) is 11.6. The summed E-state index contributed by atoms with van der Waals surface area (Å²) in [6.45, 7) is 13.5. The molecular weight excluding hydrogens is 384 g/mol. The Morgan fingerprint density at radius 1 is 0.312 bits per heavy atom. The summed E-state index contributed by atoms with van der Waals surface area (Å²) in [6, 6.07) is 19.1. The highest BCUT2D eigenvalue weighted by atomic mass is 14.3. The van der Waals surface area contributed by atoms with E-state index in [0.29, 0.717) is 0 Å². The molecule has 0 saturated carbocycles. The lowest BCUT2D eigenvalue weighted by molar-refractivity contribution is 1.37. The van der Waals surface area contributed by atoms with Gasteiger partial charge in [0.25, 0.3) is 0 Å². The minimum atomic E-state index is 1.36. The molecular formula is C32H26. The van der Waals surface area contributed by atoms with Crippen molar-refractivity contribution in [2.45, 2.75) is 41.5 Å². The number of hydrogen-bond donors (Lipinski definition) is 0. The van der Waals surface area contributed by atoms with Crippen molar-refractivity contribution in [1.29, 1.82) is 0 Å². The fraction of sp³-hybridized carbons (Fsp3) is 0.188. The van der Waals surface area contributed by atoms with E-state index in [1.54, 1.807) is 0 Å². The predicted molar refractivity (Wildman–Crippen MR) is 142 cm³/mol. The SMILES string of the molecule is Cc1cc2cc3c(cc2cc1C)c1c(C)c2c4cc5cc(C)c(C)cc5cc4c2c(C)c31. The Morgan fingerprint density at radius 2 is 0.531 bits per heavy atom. The molecule has 0 atom stereocenters. The number of aryl methyl sites for hydroxylation is 6. The van der Waals surface area contributed by atoms with E-state index in [4.69, 9.17) is 0 Å².